The molecule has 27 heavy (non-hydrogen) atoms. The molecule has 0 saturated carbocycles. The molecule has 1 heterocycles. The van der Waals surface area contributed by atoms with Gasteiger partial charge in [-0.05, 0) is 45.7 Å². The zero-order chi connectivity index (χ0) is 20.2. The molecular formula is C20H31N3O4. The molecule has 7 heteroatoms. The number of nitrogens with zero attached hydrogens (tertiary/aromatic N) is 2. The second-order valence-corrected chi connectivity index (χ2v) is 7.75. The highest BCUT2D eigenvalue weighted by molar-refractivity contribution is 5.99. The minimum atomic E-state index is -0.498. The Morgan fingerprint density at radius 3 is 2.37 bits per heavy atom. The van der Waals surface area contributed by atoms with Gasteiger partial charge in [0.1, 0.15) is 5.60 Å². The molecular weight excluding hydrogens is 346 g/mol. The maximum absolute atomic E-state index is 12.3. The average Bonchev–Trinajstić information content (AvgIpc) is 2.64. The quantitative estimate of drug-likeness (QED) is 0.812. The van der Waals surface area contributed by atoms with Gasteiger partial charge in [0.05, 0.1) is 24.0 Å². The first-order valence-electron chi connectivity index (χ1n) is 9.27. The van der Waals surface area contributed by atoms with Crippen LogP contribution in [0, 0.1) is 0 Å². The number of hydrogen-bond acceptors (Lipinski definition) is 6. The third-order valence-corrected chi connectivity index (χ3v) is 4.73. The van der Waals surface area contributed by atoms with Crippen LogP contribution in [0.2, 0.25) is 0 Å². The standard InChI is InChI=1S/C20H31N3O4/c1-20(2,3)27-19(25)22(5)14-10-12-23(13-11-14)16-9-7-8-15(17(16)21-4)18(24)26-6/h7-9,14,21H,10-13H2,1-6H3. The fourth-order valence-electron chi connectivity index (χ4n) is 3.32. The SMILES string of the molecule is CNc1c(C(=O)OC)cccc1N1CCC(N(C)C(=O)OC(C)(C)C)CC1. The van der Waals surface area contributed by atoms with E-state index >= 15 is 0 Å². The predicted molar refractivity (Wildman–Crippen MR) is 107 cm³/mol. The molecule has 1 amide bonds. The van der Waals surface area contributed by atoms with Crippen molar-refractivity contribution in [2.45, 2.75) is 45.3 Å². The van der Waals surface area contributed by atoms with Gasteiger partial charge in [-0.15, -0.1) is 0 Å². The van der Waals surface area contributed by atoms with Crippen molar-refractivity contribution in [2.75, 3.05) is 44.5 Å². The molecule has 150 valence electrons. The van der Waals surface area contributed by atoms with E-state index in [1.807, 2.05) is 32.9 Å². The number of piperidine rings is 1. The lowest BCUT2D eigenvalue weighted by molar-refractivity contribution is 0.0200. The monoisotopic (exact) mass is 377 g/mol. The molecule has 1 aliphatic heterocycles. The Morgan fingerprint density at radius 1 is 1.22 bits per heavy atom. The van der Waals surface area contributed by atoms with Crippen molar-refractivity contribution in [3.05, 3.63) is 23.8 Å². The maximum Gasteiger partial charge on any atom is 0.410 e. The molecule has 0 spiro atoms. The molecule has 2 rings (SSSR count). The van der Waals surface area contributed by atoms with E-state index in [-0.39, 0.29) is 18.1 Å². The van der Waals surface area contributed by atoms with Gasteiger partial charge in [-0.25, -0.2) is 9.59 Å². The molecule has 1 aromatic carbocycles. The summed E-state index contributed by atoms with van der Waals surface area (Å²) in [6.07, 6.45) is 1.38. The Bertz CT molecular complexity index is 676. The van der Waals surface area contributed by atoms with Gasteiger partial charge in [-0.3, -0.25) is 0 Å². The van der Waals surface area contributed by atoms with Gasteiger partial charge in [0.25, 0.3) is 0 Å². The summed E-state index contributed by atoms with van der Waals surface area (Å²) in [7, 11) is 4.98. The third-order valence-electron chi connectivity index (χ3n) is 4.73. The summed E-state index contributed by atoms with van der Waals surface area (Å²) in [5, 5.41) is 3.13. The van der Waals surface area contributed by atoms with Crippen molar-refractivity contribution >= 4 is 23.4 Å². The van der Waals surface area contributed by atoms with Crippen molar-refractivity contribution in [3.8, 4) is 0 Å². The van der Waals surface area contributed by atoms with E-state index in [0.717, 1.165) is 37.3 Å². The van der Waals surface area contributed by atoms with Crippen LogP contribution < -0.4 is 10.2 Å². The largest absolute Gasteiger partial charge is 0.465 e. The number of anilines is 2. The van der Waals surface area contributed by atoms with Crippen LogP contribution in [-0.4, -0.2) is 62.9 Å². The fraction of sp³-hybridized carbons (Fsp3) is 0.600. The minimum Gasteiger partial charge on any atom is -0.465 e. The van der Waals surface area contributed by atoms with Crippen LogP contribution in [0.3, 0.4) is 0 Å². The summed E-state index contributed by atoms with van der Waals surface area (Å²) in [5.74, 6) is -0.360. The van der Waals surface area contributed by atoms with Gasteiger partial charge in [-0.1, -0.05) is 6.07 Å². The molecule has 1 saturated heterocycles. The summed E-state index contributed by atoms with van der Waals surface area (Å²) in [5.41, 5.74) is 1.76. The van der Waals surface area contributed by atoms with Crippen LogP contribution in [0.25, 0.3) is 0 Å². The zero-order valence-corrected chi connectivity index (χ0v) is 17.2. The number of para-hydroxylation sites is 1. The number of amides is 1. The molecule has 0 atom stereocenters. The molecule has 1 aliphatic rings. The zero-order valence-electron chi connectivity index (χ0n) is 17.2. The Kier molecular flexibility index (Phi) is 6.57. The maximum atomic E-state index is 12.3. The first-order valence-corrected chi connectivity index (χ1v) is 9.27. The lowest BCUT2D eigenvalue weighted by Crippen LogP contribution is -2.47. The highest BCUT2D eigenvalue weighted by atomic mass is 16.6. The van der Waals surface area contributed by atoms with Gasteiger partial charge in [-0.2, -0.15) is 0 Å². The Labute approximate surface area is 161 Å². The van der Waals surface area contributed by atoms with Crippen molar-refractivity contribution < 1.29 is 19.1 Å². The number of ether oxygens (including phenoxy) is 2. The molecule has 7 nitrogen and oxygen atoms in total. The van der Waals surface area contributed by atoms with Gasteiger partial charge in [0, 0.05) is 33.2 Å². The normalized spacial score (nSPS) is 15.3. The molecule has 1 aromatic rings. The van der Waals surface area contributed by atoms with Crippen molar-refractivity contribution in [1.82, 2.24) is 4.90 Å². The van der Waals surface area contributed by atoms with E-state index in [4.69, 9.17) is 9.47 Å². The van der Waals surface area contributed by atoms with Crippen molar-refractivity contribution in [3.63, 3.8) is 0 Å². The van der Waals surface area contributed by atoms with E-state index < -0.39 is 5.60 Å². The van der Waals surface area contributed by atoms with Crippen LogP contribution >= 0.6 is 0 Å². The molecule has 0 radical (unpaired) electrons. The summed E-state index contributed by atoms with van der Waals surface area (Å²) in [4.78, 5) is 28.2. The topological polar surface area (TPSA) is 71.1 Å². The Hall–Kier alpha value is -2.44. The number of esters is 1. The molecule has 0 bridgehead atoms. The van der Waals surface area contributed by atoms with E-state index in [0.29, 0.717) is 5.56 Å². The summed E-state index contributed by atoms with van der Waals surface area (Å²) in [6.45, 7) is 7.19. The van der Waals surface area contributed by atoms with Crippen LogP contribution in [-0.2, 0) is 9.47 Å². The summed E-state index contributed by atoms with van der Waals surface area (Å²) < 4.78 is 10.3. The minimum absolute atomic E-state index is 0.137. The summed E-state index contributed by atoms with van der Waals surface area (Å²) >= 11 is 0. The van der Waals surface area contributed by atoms with E-state index in [1.54, 1.807) is 25.1 Å². The molecule has 0 aromatic heterocycles. The molecule has 0 aliphatic carbocycles. The van der Waals surface area contributed by atoms with Crippen molar-refractivity contribution in [2.24, 2.45) is 0 Å². The number of nitrogens with one attached hydrogen (secondary N) is 1. The first-order chi connectivity index (χ1) is 12.7. The van der Waals surface area contributed by atoms with Gasteiger partial charge in [0.15, 0.2) is 0 Å². The lowest BCUT2D eigenvalue weighted by Gasteiger charge is -2.39. The van der Waals surface area contributed by atoms with Crippen LogP contribution in [0.5, 0.6) is 0 Å². The van der Waals surface area contributed by atoms with Crippen LogP contribution in [0.1, 0.15) is 44.0 Å². The van der Waals surface area contributed by atoms with Gasteiger partial charge in [0.2, 0.25) is 0 Å². The van der Waals surface area contributed by atoms with Crippen LogP contribution in [0.15, 0.2) is 18.2 Å². The number of carbonyl (C=O) groups is 2. The first kappa shape index (κ1) is 20.9. The fourth-order valence-corrected chi connectivity index (χ4v) is 3.32. The number of methoxy groups -OCH3 is 1. The number of carbonyl (C=O) groups excluding carboxylic acids is 2. The lowest BCUT2D eigenvalue weighted by atomic mass is 10.0. The van der Waals surface area contributed by atoms with Crippen molar-refractivity contribution in [1.29, 1.82) is 0 Å². The number of hydrogen-bond donors (Lipinski definition) is 1. The number of rotatable bonds is 4. The van der Waals surface area contributed by atoms with E-state index in [9.17, 15) is 9.59 Å². The second kappa shape index (κ2) is 8.50. The Morgan fingerprint density at radius 2 is 1.85 bits per heavy atom. The highest BCUT2D eigenvalue weighted by Crippen LogP contribution is 2.32. The molecule has 1 fully saturated rings. The highest BCUT2D eigenvalue weighted by Gasteiger charge is 2.29. The third kappa shape index (κ3) is 5.05. The van der Waals surface area contributed by atoms with Crippen LogP contribution in [0.4, 0.5) is 16.2 Å². The van der Waals surface area contributed by atoms with E-state index in [1.165, 1.54) is 7.11 Å². The molecule has 1 N–H and O–H groups in total. The molecule has 0 unspecified atom stereocenters. The van der Waals surface area contributed by atoms with Gasteiger partial charge >= 0.3 is 12.1 Å². The smallest absolute Gasteiger partial charge is 0.410 e. The number of benzene rings is 1. The summed E-state index contributed by atoms with van der Waals surface area (Å²) in [6, 6.07) is 5.75. The Balaban J connectivity index is 2.08. The second-order valence-electron chi connectivity index (χ2n) is 7.75. The predicted octanol–water partition coefficient (Wildman–Crippen LogP) is 3.35. The average molecular weight is 377 g/mol. The van der Waals surface area contributed by atoms with Gasteiger partial charge < -0.3 is 24.6 Å². The van der Waals surface area contributed by atoms with E-state index in [2.05, 4.69) is 10.2 Å².